The monoisotopic (exact) mass is 529 g/mol. The average Bonchev–Trinajstić information content (AvgIpc) is 3.26. The second-order valence-electron chi connectivity index (χ2n) is 9.96. The summed E-state index contributed by atoms with van der Waals surface area (Å²) in [7, 11) is 0. The molecule has 1 amide bonds. The van der Waals surface area contributed by atoms with Gasteiger partial charge < -0.3 is 20.3 Å². The topological polar surface area (TPSA) is 92.1 Å². The Morgan fingerprint density at radius 2 is 1.92 bits per heavy atom. The van der Waals surface area contributed by atoms with Crippen molar-refractivity contribution in [3.8, 4) is 0 Å². The number of hydrogen-bond donors (Lipinski definition) is 3. The molecule has 0 aliphatic rings. The van der Waals surface area contributed by atoms with Crippen molar-refractivity contribution in [2.45, 2.75) is 66.5 Å². The van der Waals surface area contributed by atoms with Crippen LogP contribution in [0.5, 0.6) is 0 Å². The van der Waals surface area contributed by atoms with E-state index in [1.54, 1.807) is 20.2 Å². The van der Waals surface area contributed by atoms with Crippen LogP contribution in [0.4, 0.5) is 11.5 Å². The van der Waals surface area contributed by atoms with Gasteiger partial charge in [0.05, 0.1) is 17.7 Å². The first kappa shape index (κ1) is 31.2. The van der Waals surface area contributed by atoms with E-state index in [-0.39, 0.29) is 12.3 Å². The SMILES string of the molecule is C=C(/C=C\C=C/C)Cn1ccc2cc(Nc3ncnc(/C=C\C)c3C)ccc21.CCCNC(=O)CC(C)(C)O. The second kappa shape index (κ2) is 15.4. The minimum Gasteiger partial charge on any atom is -0.390 e. The van der Waals surface area contributed by atoms with Crippen LogP contribution in [-0.4, -0.2) is 37.7 Å². The van der Waals surface area contributed by atoms with Gasteiger partial charge in [0.15, 0.2) is 0 Å². The lowest BCUT2D eigenvalue weighted by molar-refractivity contribution is -0.124. The first-order valence-electron chi connectivity index (χ1n) is 13.3. The summed E-state index contributed by atoms with van der Waals surface area (Å²) < 4.78 is 2.21. The number of carbonyl (C=O) groups is 1. The Bertz CT molecular complexity index is 1330. The summed E-state index contributed by atoms with van der Waals surface area (Å²) in [6.07, 6.45) is 16.8. The number of aliphatic hydroxyl groups is 1. The van der Waals surface area contributed by atoms with E-state index in [1.165, 1.54) is 10.9 Å². The third-order valence-electron chi connectivity index (χ3n) is 5.66. The summed E-state index contributed by atoms with van der Waals surface area (Å²) in [5, 5.41) is 16.5. The summed E-state index contributed by atoms with van der Waals surface area (Å²) in [5.74, 6) is 0.740. The standard InChI is InChI=1S/C24H26N4.C8H17NO2/c1-5-7-8-10-18(3)16-28-14-13-20-15-21(11-12-23(20)28)27-24-19(4)22(9-6-2)25-17-26-24;1-4-5-9-7(10)6-8(2,3)11/h5-15,17H,3,16H2,1-2,4H3,(H,25,26,27);11H,4-6H2,1-3H3,(H,9,10)/b7-5-,9-6-,10-8-;. The number of anilines is 2. The number of nitrogens with one attached hydrogen (secondary N) is 2. The van der Waals surface area contributed by atoms with Crippen molar-refractivity contribution >= 4 is 34.4 Å². The maximum atomic E-state index is 10.9. The molecule has 2 heterocycles. The van der Waals surface area contributed by atoms with Crippen LogP contribution < -0.4 is 10.6 Å². The number of carbonyl (C=O) groups excluding carboxylic acids is 1. The highest BCUT2D eigenvalue weighted by molar-refractivity contribution is 5.85. The number of fused-ring (bicyclic) bond motifs is 1. The van der Waals surface area contributed by atoms with Crippen LogP contribution in [-0.2, 0) is 11.3 Å². The van der Waals surface area contributed by atoms with Crippen molar-refractivity contribution in [1.29, 1.82) is 0 Å². The predicted molar refractivity (Wildman–Crippen MR) is 164 cm³/mol. The third kappa shape index (κ3) is 10.7. The highest BCUT2D eigenvalue weighted by Crippen LogP contribution is 2.25. The lowest BCUT2D eigenvalue weighted by atomic mass is 10.1. The highest BCUT2D eigenvalue weighted by atomic mass is 16.3. The maximum absolute atomic E-state index is 10.9. The minimum atomic E-state index is -0.891. The van der Waals surface area contributed by atoms with Gasteiger partial charge in [-0.1, -0.05) is 43.9 Å². The summed E-state index contributed by atoms with van der Waals surface area (Å²) >= 11 is 0. The summed E-state index contributed by atoms with van der Waals surface area (Å²) in [6.45, 7) is 16.8. The molecule has 0 fully saturated rings. The molecule has 0 radical (unpaired) electrons. The van der Waals surface area contributed by atoms with Crippen molar-refractivity contribution < 1.29 is 9.90 Å². The molecule has 2 aromatic heterocycles. The molecule has 7 heteroatoms. The zero-order valence-corrected chi connectivity index (χ0v) is 24.2. The minimum absolute atomic E-state index is 0.0839. The van der Waals surface area contributed by atoms with Crippen LogP contribution in [0.1, 0.15) is 58.7 Å². The van der Waals surface area contributed by atoms with Gasteiger partial charge in [0.2, 0.25) is 5.91 Å². The Hall–Kier alpha value is -3.97. The number of rotatable bonds is 11. The lowest BCUT2D eigenvalue weighted by Crippen LogP contribution is -2.32. The van der Waals surface area contributed by atoms with Crippen molar-refractivity contribution in [3.63, 3.8) is 0 Å². The van der Waals surface area contributed by atoms with E-state index in [9.17, 15) is 9.90 Å². The molecule has 0 bridgehead atoms. The molecule has 1 aromatic carbocycles. The fraction of sp³-hybridized carbons (Fsp3) is 0.344. The van der Waals surface area contributed by atoms with Crippen molar-refractivity contribution in [2.24, 2.45) is 0 Å². The van der Waals surface area contributed by atoms with Gasteiger partial charge in [-0.05, 0) is 77.0 Å². The van der Waals surface area contributed by atoms with E-state index >= 15 is 0 Å². The van der Waals surface area contributed by atoms with Gasteiger partial charge in [0, 0.05) is 41.4 Å². The summed E-state index contributed by atoms with van der Waals surface area (Å²) in [5.41, 5.74) is 4.31. The van der Waals surface area contributed by atoms with Gasteiger partial charge in [-0.3, -0.25) is 4.79 Å². The zero-order chi connectivity index (χ0) is 28.8. The Balaban J connectivity index is 0.000000411. The molecule has 39 heavy (non-hydrogen) atoms. The molecular weight excluding hydrogens is 486 g/mol. The molecule has 3 aromatic rings. The van der Waals surface area contributed by atoms with E-state index in [4.69, 9.17) is 0 Å². The van der Waals surface area contributed by atoms with E-state index in [0.717, 1.165) is 41.3 Å². The molecular formula is C32H43N5O2. The fourth-order valence-corrected chi connectivity index (χ4v) is 3.76. The molecule has 3 rings (SSSR count). The Morgan fingerprint density at radius 1 is 1.15 bits per heavy atom. The normalized spacial score (nSPS) is 11.8. The molecule has 208 valence electrons. The molecule has 0 spiro atoms. The molecule has 7 nitrogen and oxygen atoms in total. The van der Waals surface area contributed by atoms with E-state index in [1.807, 2.05) is 64.2 Å². The van der Waals surface area contributed by atoms with Crippen LogP contribution in [0.2, 0.25) is 0 Å². The second-order valence-corrected chi connectivity index (χ2v) is 9.96. The van der Waals surface area contributed by atoms with Crippen LogP contribution in [0.25, 0.3) is 17.0 Å². The van der Waals surface area contributed by atoms with Gasteiger partial charge in [-0.2, -0.15) is 0 Å². The highest BCUT2D eigenvalue weighted by Gasteiger charge is 2.17. The third-order valence-corrected chi connectivity index (χ3v) is 5.66. The number of amides is 1. The predicted octanol–water partition coefficient (Wildman–Crippen LogP) is 6.88. The van der Waals surface area contributed by atoms with Crippen molar-refractivity contribution in [2.75, 3.05) is 11.9 Å². The first-order chi connectivity index (χ1) is 18.6. The number of hydrogen-bond acceptors (Lipinski definition) is 5. The number of aromatic nitrogens is 3. The molecule has 0 atom stereocenters. The molecule has 0 aliphatic heterocycles. The Morgan fingerprint density at radius 3 is 2.59 bits per heavy atom. The lowest BCUT2D eigenvalue weighted by Gasteiger charge is -2.15. The number of allylic oxidation sites excluding steroid dienone is 6. The van der Waals surface area contributed by atoms with Gasteiger partial charge >= 0.3 is 0 Å². The van der Waals surface area contributed by atoms with Crippen molar-refractivity contribution in [1.82, 2.24) is 19.9 Å². The largest absolute Gasteiger partial charge is 0.390 e. The van der Waals surface area contributed by atoms with E-state index in [2.05, 4.69) is 62.2 Å². The van der Waals surface area contributed by atoms with Gasteiger partial charge in [0.25, 0.3) is 0 Å². The van der Waals surface area contributed by atoms with Gasteiger partial charge in [-0.25, -0.2) is 9.97 Å². The Kier molecular flexibility index (Phi) is 12.4. The smallest absolute Gasteiger partial charge is 0.222 e. The summed E-state index contributed by atoms with van der Waals surface area (Å²) in [4.78, 5) is 19.7. The maximum Gasteiger partial charge on any atom is 0.222 e. The zero-order valence-electron chi connectivity index (χ0n) is 24.2. The fourth-order valence-electron chi connectivity index (χ4n) is 3.76. The van der Waals surface area contributed by atoms with Gasteiger partial charge in [-0.15, -0.1) is 0 Å². The number of benzene rings is 1. The quantitative estimate of drug-likeness (QED) is 0.236. The van der Waals surface area contributed by atoms with Gasteiger partial charge in [0.1, 0.15) is 12.1 Å². The molecule has 0 saturated heterocycles. The molecule has 0 saturated carbocycles. The van der Waals surface area contributed by atoms with Crippen LogP contribution >= 0.6 is 0 Å². The first-order valence-corrected chi connectivity index (χ1v) is 13.3. The number of nitrogens with zero attached hydrogens (tertiary/aromatic N) is 3. The van der Waals surface area contributed by atoms with E-state index in [0.29, 0.717) is 6.54 Å². The molecule has 0 aliphatic carbocycles. The van der Waals surface area contributed by atoms with Crippen LogP contribution in [0.15, 0.2) is 79.3 Å². The van der Waals surface area contributed by atoms with Crippen LogP contribution in [0.3, 0.4) is 0 Å². The average molecular weight is 530 g/mol. The summed E-state index contributed by atoms with van der Waals surface area (Å²) in [6, 6.07) is 8.47. The molecule has 3 N–H and O–H groups in total. The van der Waals surface area contributed by atoms with Crippen molar-refractivity contribution in [3.05, 3.63) is 90.6 Å². The van der Waals surface area contributed by atoms with Crippen LogP contribution in [0, 0.1) is 6.92 Å². The molecule has 0 unspecified atom stereocenters. The Labute approximate surface area is 233 Å². The van der Waals surface area contributed by atoms with E-state index < -0.39 is 5.60 Å².